The summed E-state index contributed by atoms with van der Waals surface area (Å²) in [6, 6.07) is 12.6. The lowest BCUT2D eigenvalue weighted by Gasteiger charge is -2.30. The molecule has 0 aliphatic rings. The van der Waals surface area contributed by atoms with Gasteiger partial charge in [-0.1, -0.05) is 43.7 Å². The van der Waals surface area contributed by atoms with Crippen LogP contribution in [0, 0.1) is 0 Å². The summed E-state index contributed by atoms with van der Waals surface area (Å²) in [6.45, 7) is 4.92. The first-order valence-corrected chi connectivity index (χ1v) is 11.8. The van der Waals surface area contributed by atoms with E-state index < -0.39 is 12.1 Å². The number of benzene rings is 2. The third kappa shape index (κ3) is 7.00. The molecule has 0 heterocycles. The summed E-state index contributed by atoms with van der Waals surface area (Å²) in [5, 5.41) is 5.12. The molecule has 0 aromatic heterocycles. The van der Waals surface area contributed by atoms with Gasteiger partial charge in [-0.05, 0) is 55.0 Å². The lowest BCUT2D eigenvalue weighted by atomic mass is 10.1. The fraction of sp³-hybridized carbons (Fsp3) is 0.478. The lowest BCUT2D eigenvalue weighted by Crippen LogP contribution is -2.52. The van der Waals surface area contributed by atoms with Crippen molar-refractivity contribution in [2.45, 2.75) is 45.2 Å². The van der Waals surface area contributed by atoms with E-state index >= 15 is 0 Å². The molecule has 6 nitrogen and oxygen atoms in total. The Morgan fingerprint density at radius 1 is 1.13 bits per heavy atom. The molecule has 0 saturated heterocycles. The van der Waals surface area contributed by atoms with Crippen LogP contribution in [0.2, 0.25) is 0 Å². The van der Waals surface area contributed by atoms with Crippen LogP contribution < -0.4 is 16.8 Å². The maximum absolute atomic E-state index is 13.0. The molecule has 0 unspecified atom stereocenters. The van der Waals surface area contributed by atoms with Crippen molar-refractivity contribution in [2.75, 3.05) is 29.9 Å². The largest absolute Gasteiger partial charge is 0.330 e. The highest BCUT2D eigenvalue weighted by Gasteiger charge is 2.29. The minimum atomic E-state index is -0.612. The first-order valence-electron chi connectivity index (χ1n) is 10.6. The average Bonchev–Trinajstić information content (AvgIpc) is 2.76. The lowest BCUT2D eigenvalue weighted by molar-refractivity contribution is -0.139. The van der Waals surface area contributed by atoms with E-state index in [1.165, 1.54) is 0 Å². The molecule has 0 radical (unpaired) electrons. The van der Waals surface area contributed by atoms with Crippen molar-refractivity contribution in [3.63, 3.8) is 0 Å². The molecule has 7 heteroatoms. The molecule has 5 N–H and O–H groups in total. The Labute approximate surface area is 183 Å². The van der Waals surface area contributed by atoms with E-state index in [9.17, 15) is 9.59 Å². The summed E-state index contributed by atoms with van der Waals surface area (Å²) in [7, 11) is 0. The Kier molecular flexibility index (Phi) is 10.1. The van der Waals surface area contributed by atoms with Gasteiger partial charge in [0.15, 0.2) is 0 Å². The molecule has 0 aliphatic heterocycles. The molecule has 2 rings (SSSR count). The Morgan fingerprint density at radius 2 is 1.87 bits per heavy atom. The van der Waals surface area contributed by atoms with Gasteiger partial charge in [-0.3, -0.25) is 9.59 Å². The number of nitrogens with two attached hydrogens (primary N) is 2. The Bertz CT molecular complexity index is 830. The Morgan fingerprint density at radius 3 is 2.57 bits per heavy atom. The van der Waals surface area contributed by atoms with Crippen LogP contribution >= 0.6 is 11.8 Å². The number of nitrogens with zero attached hydrogens (tertiary/aromatic N) is 1. The van der Waals surface area contributed by atoms with E-state index in [4.69, 9.17) is 11.5 Å². The number of amides is 2. The van der Waals surface area contributed by atoms with E-state index in [0.717, 1.165) is 35.1 Å². The molecule has 0 spiro atoms. The topological polar surface area (TPSA) is 101 Å². The molecule has 0 aliphatic carbocycles. The molecule has 2 aromatic carbocycles. The molecule has 0 bridgehead atoms. The second-order valence-corrected chi connectivity index (χ2v) is 8.74. The van der Waals surface area contributed by atoms with Gasteiger partial charge in [0, 0.05) is 18.0 Å². The zero-order chi connectivity index (χ0) is 21.9. The number of nitrogens with one attached hydrogen (secondary N) is 1. The van der Waals surface area contributed by atoms with Crippen LogP contribution in [0.4, 0.5) is 5.69 Å². The number of carbonyl (C=O) groups excluding carboxylic acids is 2. The van der Waals surface area contributed by atoms with Gasteiger partial charge in [0.1, 0.15) is 6.04 Å². The first-order chi connectivity index (χ1) is 14.5. The molecule has 164 valence electrons. The molecule has 0 saturated carbocycles. The SMILES string of the molecule is CCSCCN(C(=O)[C@H](N)CCCCN)[C@@H](C)C(=O)Nc1ccc2ccccc2c1. The van der Waals surface area contributed by atoms with Gasteiger partial charge < -0.3 is 21.7 Å². The zero-order valence-electron chi connectivity index (χ0n) is 18.0. The molecule has 2 atom stereocenters. The molecule has 0 fully saturated rings. The summed E-state index contributed by atoms with van der Waals surface area (Å²) in [6.07, 6.45) is 2.22. The average molecular weight is 431 g/mol. The maximum atomic E-state index is 13.0. The van der Waals surface area contributed by atoms with Crippen LogP contribution in [0.1, 0.15) is 33.1 Å². The fourth-order valence-electron chi connectivity index (χ4n) is 3.30. The third-order valence-corrected chi connectivity index (χ3v) is 5.99. The van der Waals surface area contributed by atoms with Crippen molar-refractivity contribution in [1.82, 2.24) is 4.90 Å². The molecular weight excluding hydrogens is 396 g/mol. The van der Waals surface area contributed by atoms with Crippen molar-refractivity contribution >= 4 is 40.0 Å². The van der Waals surface area contributed by atoms with Gasteiger partial charge in [0.25, 0.3) is 0 Å². The van der Waals surface area contributed by atoms with Crippen molar-refractivity contribution in [2.24, 2.45) is 11.5 Å². The second kappa shape index (κ2) is 12.6. The molecule has 2 amide bonds. The second-order valence-electron chi connectivity index (χ2n) is 7.35. The van der Waals surface area contributed by atoms with Gasteiger partial charge in [-0.15, -0.1) is 0 Å². The molecular formula is C23H34N4O2S. The monoisotopic (exact) mass is 430 g/mol. The number of fused-ring (bicyclic) bond motifs is 1. The summed E-state index contributed by atoms with van der Waals surface area (Å²) < 4.78 is 0. The predicted molar refractivity (Wildman–Crippen MR) is 128 cm³/mol. The summed E-state index contributed by atoms with van der Waals surface area (Å²) in [4.78, 5) is 27.5. The molecule has 2 aromatic rings. The highest BCUT2D eigenvalue weighted by molar-refractivity contribution is 7.99. The Hall–Kier alpha value is -2.09. The number of rotatable bonds is 12. The van der Waals surface area contributed by atoms with Gasteiger partial charge in [0.2, 0.25) is 11.8 Å². The first kappa shape index (κ1) is 24.2. The number of hydrogen-bond donors (Lipinski definition) is 3. The summed E-state index contributed by atoms with van der Waals surface area (Å²) in [5.74, 6) is 1.34. The smallest absolute Gasteiger partial charge is 0.246 e. The standard InChI is InChI=1S/C23H34N4O2S/c1-3-30-15-14-27(23(29)21(25)10-6-7-13-24)17(2)22(28)26-20-12-11-18-8-4-5-9-19(18)16-20/h4-5,8-9,11-12,16-17,21H,3,6-7,10,13-15,24-25H2,1-2H3,(H,26,28)/t17-,21+/m0/s1. The van der Waals surface area contributed by atoms with Crippen LogP contribution in [0.3, 0.4) is 0 Å². The van der Waals surface area contributed by atoms with E-state index in [-0.39, 0.29) is 11.8 Å². The highest BCUT2D eigenvalue weighted by atomic mass is 32.2. The number of carbonyl (C=O) groups is 2. The highest BCUT2D eigenvalue weighted by Crippen LogP contribution is 2.19. The van der Waals surface area contributed by atoms with Gasteiger partial charge in [-0.2, -0.15) is 11.8 Å². The minimum Gasteiger partial charge on any atom is -0.330 e. The quantitative estimate of drug-likeness (QED) is 0.449. The number of hydrogen-bond acceptors (Lipinski definition) is 5. The maximum Gasteiger partial charge on any atom is 0.246 e. The molecule has 30 heavy (non-hydrogen) atoms. The van der Waals surface area contributed by atoms with Crippen molar-refractivity contribution in [3.05, 3.63) is 42.5 Å². The normalized spacial score (nSPS) is 13.1. The summed E-state index contributed by atoms with van der Waals surface area (Å²) in [5.41, 5.74) is 12.4. The van der Waals surface area contributed by atoms with Crippen molar-refractivity contribution in [1.29, 1.82) is 0 Å². The van der Waals surface area contributed by atoms with Crippen LogP contribution in [0.15, 0.2) is 42.5 Å². The fourth-order valence-corrected chi connectivity index (χ4v) is 3.92. The van der Waals surface area contributed by atoms with Gasteiger partial charge >= 0.3 is 0 Å². The van der Waals surface area contributed by atoms with E-state index in [2.05, 4.69) is 12.2 Å². The number of unbranched alkanes of at least 4 members (excludes halogenated alkanes) is 1. The van der Waals surface area contributed by atoms with E-state index in [0.29, 0.717) is 25.2 Å². The van der Waals surface area contributed by atoms with Gasteiger partial charge in [0.05, 0.1) is 6.04 Å². The van der Waals surface area contributed by atoms with Gasteiger partial charge in [-0.25, -0.2) is 0 Å². The predicted octanol–water partition coefficient (Wildman–Crippen LogP) is 3.20. The van der Waals surface area contributed by atoms with Crippen LogP contribution in [0.25, 0.3) is 10.8 Å². The van der Waals surface area contributed by atoms with Crippen LogP contribution in [0.5, 0.6) is 0 Å². The number of anilines is 1. The van der Waals surface area contributed by atoms with Crippen LogP contribution in [-0.4, -0.2) is 53.4 Å². The summed E-state index contributed by atoms with van der Waals surface area (Å²) >= 11 is 1.74. The van der Waals surface area contributed by atoms with E-state index in [1.807, 2.05) is 42.5 Å². The van der Waals surface area contributed by atoms with Crippen molar-refractivity contribution < 1.29 is 9.59 Å². The van der Waals surface area contributed by atoms with Crippen LogP contribution in [-0.2, 0) is 9.59 Å². The third-order valence-electron chi connectivity index (χ3n) is 5.11. The van der Waals surface area contributed by atoms with Crippen molar-refractivity contribution in [3.8, 4) is 0 Å². The Balaban J connectivity index is 2.08. The number of thioether (sulfide) groups is 1. The van der Waals surface area contributed by atoms with E-state index in [1.54, 1.807) is 23.6 Å². The minimum absolute atomic E-state index is 0.176. The zero-order valence-corrected chi connectivity index (χ0v) is 18.8.